The van der Waals surface area contributed by atoms with Gasteiger partial charge in [-0.05, 0) is 36.3 Å². The summed E-state index contributed by atoms with van der Waals surface area (Å²) in [6.07, 6.45) is 4.40. The molecule has 0 unspecified atom stereocenters. The number of nitrogens with zero attached hydrogens (tertiary/aromatic N) is 1. The topological polar surface area (TPSA) is 60.8 Å². The fraction of sp³-hybridized carbons (Fsp3) is 0.615. The molecule has 4 nitrogen and oxygen atoms in total. The minimum atomic E-state index is -0.837. The molecule has 0 bridgehead atoms. The van der Waals surface area contributed by atoms with Gasteiger partial charge in [0.05, 0.1) is 0 Å². The lowest BCUT2D eigenvalue weighted by Gasteiger charge is -2.37. The van der Waals surface area contributed by atoms with Crippen LogP contribution in [0, 0.1) is 0 Å². The zero-order chi connectivity index (χ0) is 13.0. The first-order valence-electron chi connectivity index (χ1n) is 6.37. The zero-order valence-corrected chi connectivity index (χ0v) is 11.2. The number of hydrogen-bond acceptors (Lipinski definition) is 4. The Morgan fingerprint density at radius 2 is 2.28 bits per heavy atom. The molecule has 100 valence electrons. The van der Waals surface area contributed by atoms with Gasteiger partial charge in [0.15, 0.2) is 0 Å². The summed E-state index contributed by atoms with van der Waals surface area (Å²) in [7, 11) is 0. The number of rotatable bonds is 7. The van der Waals surface area contributed by atoms with Gasteiger partial charge in [-0.25, -0.2) is 4.79 Å². The SMILES string of the molecule is O=C(O)c1sccc1CN(CCCO)C1CCC1. The fourth-order valence-corrected chi connectivity index (χ4v) is 3.04. The molecule has 1 aliphatic rings. The van der Waals surface area contributed by atoms with Gasteiger partial charge in [-0.15, -0.1) is 11.3 Å². The Labute approximate surface area is 111 Å². The quantitative estimate of drug-likeness (QED) is 0.796. The van der Waals surface area contributed by atoms with E-state index in [1.165, 1.54) is 30.6 Å². The lowest BCUT2D eigenvalue weighted by Crippen LogP contribution is -2.40. The normalized spacial score (nSPS) is 15.9. The van der Waals surface area contributed by atoms with Crippen LogP contribution in [0.25, 0.3) is 0 Å². The van der Waals surface area contributed by atoms with Gasteiger partial charge in [0, 0.05) is 25.7 Å². The molecule has 0 aliphatic heterocycles. The molecule has 0 amide bonds. The van der Waals surface area contributed by atoms with Gasteiger partial charge in [-0.3, -0.25) is 4.90 Å². The maximum absolute atomic E-state index is 11.1. The number of carbonyl (C=O) groups is 1. The summed E-state index contributed by atoms with van der Waals surface area (Å²) in [5.41, 5.74) is 0.900. The highest BCUT2D eigenvalue weighted by Gasteiger charge is 2.26. The first kappa shape index (κ1) is 13.5. The Morgan fingerprint density at radius 1 is 1.50 bits per heavy atom. The molecular formula is C13H19NO3S. The first-order chi connectivity index (χ1) is 8.72. The van der Waals surface area contributed by atoms with E-state index >= 15 is 0 Å². The second-order valence-electron chi connectivity index (χ2n) is 4.71. The van der Waals surface area contributed by atoms with Crippen LogP contribution in [-0.2, 0) is 6.54 Å². The summed E-state index contributed by atoms with van der Waals surface area (Å²) in [5.74, 6) is -0.837. The van der Waals surface area contributed by atoms with Crippen LogP contribution in [0.15, 0.2) is 11.4 Å². The summed E-state index contributed by atoms with van der Waals surface area (Å²) < 4.78 is 0. The molecule has 0 aromatic carbocycles. The van der Waals surface area contributed by atoms with E-state index < -0.39 is 5.97 Å². The van der Waals surface area contributed by atoms with Gasteiger partial charge in [-0.1, -0.05) is 6.42 Å². The first-order valence-corrected chi connectivity index (χ1v) is 7.25. The molecule has 0 saturated heterocycles. The van der Waals surface area contributed by atoms with Crippen molar-refractivity contribution in [1.82, 2.24) is 4.90 Å². The van der Waals surface area contributed by atoms with E-state index in [1.807, 2.05) is 11.4 Å². The van der Waals surface area contributed by atoms with E-state index in [-0.39, 0.29) is 6.61 Å². The third kappa shape index (κ3) is 3.10. The summed E-state index contributed by atoms with van der Waals surface area (Å²) in [4.78, 5) is 13.8. The maximum atomic E-state index is 11.1. The van der Waals surface area contributed by atoms with Gasteiger partial charge in [-0.2, -0.15) is 0 Å². The van der Waals surface area contributed by atoms with E-state index in [0.29, 0.717) is 17.5 Å². The second-order valence-corrected chi connectivity index (χ2v) is 5.63. The van der Waals surface area contributed by atoms with Crippen LogP contribution in [0.3, 0.4) is 0 Å². The molecule has 1 aliphatic carbocycles. The average molecular weight is 269 g/mol. The van der Waals surface area contributed by atoms with Gasteiger partial charge in [0.25, 0.3) is 0 Å². The molecule has 1 aromatic rings. The third-order valence-electron chi connectivity index (χ3n) is 3.51. The number of carboxylic acids is 1. The fourth-order valence-electron chi connectivity index (χ4n) is 2.28. The molecule has 1 heterocycles. The highest BCUT2D eigenvalue weighted by molar-refractivity contribution is 7.12. The van der Waals surface area contributed by atoms with E-state index in [2.05, 4.69) is 4.90 Å². The van der Waals surface area contributed by atoms with E-state index in [4.69, 9.17) is 10.2 Å². The van der Waals surface area contributed by atoms with Crippen molar-refractivity contribution in [2.45, 2.75) is 38.3 Å². The maximum Gasteiger partial charge on any atom is 0.346 e. The van der Waals surface area contributed by atoms with Crippen molar-refractivity contribution in [3.8, 4) is 0 Å². The van der Waals surface area contributed by atoms with Gasteiger partial charge >= 0.3 is 5.97 Å². The third-order valence-corrected chi connectivity index (χ3v) is 4.45. The van der Waals surface area contributed by atoms with Crippen LogP contribution < -0.4 is 0 Å². The second kappa shape index (κ2) is 6.31. The minimum absolute atomic E-state index is 0.193. The number of aliphatic hydroxyl groups excluding tert-OH is 1. The predicted octanol–water partition coefficient (Wildman–Crippen LogP) is 2.18. The molecule has 0 radical (unpaired) electrons. The minimum Gasteiger partial charge on any atom is -0.477 e. The van der Waals surface area contributed by atoms with Crippen molar-refractivity contribution in [2.75, 3.05) is 13.2 Å². The molecule has 2 rings (SSSR count). The van der Waals surface area contributed by atoms with E-state index in [1.54, 1.807) is 0 Å². The number of hydrogen-bond donors (Lipinski definition) is 2. The monoisotopic (exact) mass is 269 g/mol. The van der Waals surface area contributed by atoms with E-state index in [9.17, 15) is 4.79 Å². The largest absolute Gasteiger partial charge is 0.477 e. The Kier molecular flexibility index (Phi) is 4.74. The van der Waals surface area contributed by atoms with Crippen LogP contribution in [0.4, 0.5) is 0 Å². The van der Waals surface area contributed by atoms with Crippen LogP contribution in [0.2, 0.25) is 0 Å². The average Bonchev–Trinajstić information content (AvgIpc) is 2.71. The van der Waals surface area contributed by atoms with E-state index in [0.717, 1.165) is 18.5 Å². The van der Waals surface area contributed by atoms with Crippen LogP contribution >= 0.6 is 11.3 Å². The van der Waals surface area contributed by atoms with Crippen molar-refractivity contribution in [3.63, 3.8) is 0 Å². The van der Waals surface area contributed by atoms with Crippen LogP contribution in [-0.4, -0.2) is 40.3 Å². The molecule has 18 heavy (non-hydrogen) atoms. The van der Waals surface area contributed by atoms with Crippen molar-refractivity contribution < 1.29 is 15.0 Å². The molecule has 0 spiro atoms. The van der Waals surface area contributed by atoms with Gasteiger partial charge in [0.1, 0.15) is 4.88 Å². The van der Waals surface area contributed by atoms with Gasteiger partial charge < -0.3 is 10.2 Å². The Hall–Kier alpha value is -0.910. The standard InChI is InChI=1S/C13H19NO3S/c15-7-2-6-14(11-3-1-4-11)9-10-5-8-18-12(10)13(16)17/h5,8,11,15H,1-4,6-7,9H2,(H,16,17). The molecule has 1 aromatic heterocycles. The number of carboxylic acid groups (broad SMARTS) is 1. The molecule has 5 heteroatoms. The van der Waals surface area contributed by atoms with Gasteiger partial charge in [0.2, 0.25) is 0 Å². The lowest BCUT2D eigenvalue weighted by molar-refractivity contribution is 0.0695. The van der Waals surface area contributed by atoms with Crippen LogP contribution in [0.1, 0.15) is 40.9 Å². The molecule has 1 saturated carbocycles. The Balaban J connectivity index is 2.02. The Bertz CT molecular complexity index is 401. The van der Waals surface area contributed by atoms with Crippen molar-refractivity contribution >= 4 is 17.3 Å². The van der Waals surface area contributed by atoms with Crippen molar-refractivity contribution in [2.24, 2.45) is 0 Å². The summed E-state index contributed by atoms with van der Waals surface area (Å²) >= 11 is 1.29. The van der Waals surface area contributed by atoms with Crippen LogP contribution in [0.5, 0.6) is 0 Å². The molecule has 1 fully saturated rings. The lowest BCUT2D eigenvalue weighted by atomic mass is 9.91. The predicted molar refractivity (Wildman–Crippen MR) is 71.0 cm³/mol. The molecular weight excluding hydrogens is 250 g/mol. The van der Waals surface area contributed by atoms with Crippen molar-refractivity contribution in [1.29, 1.82) is 0 Å². The highest BCUT2D eigenvalue weighted by atomic mass is 32.1. The molecule has 2 N–H and O–H groups in total. The summed E-state index contributed by atoms with van der Waals surface area (Å²) in [6.45, 7) is 1.73. The number of aromatic carboxylic acids is 1. The molecule has 0 atom stereocenters. The smallest absolute Gasteiger partial charge is 0.346 e. The zero-order valence-electron chi connectivity index (χ0n) is 10.3. The highest BCUT2D eigenvalue weighted by Crippen LogP contribution is 2.28. The summed E-state index contributed by atoms with van der Waals surface area (Å²) in [6, 6.07) is 2.47. The summed E-state index contributed by atoms with van der Waals surface area (Å²) in [5, 5.41) is 19.9. The number of thiophene rings is 1. The Morgan fingerprint density at radius 3 is 2.83 bits per heavy atom. The van der Waals surface area contributed by atoms with Crippen molar-refractivity contribution in [3.05, 3.63) is 21.9 Å². The number of aliphatic hydroxyl groups is 1.